The number of rotatable bonds is 3. The quantitative estimate of drug-likeness (QED) is 0.850. The number of nitrogens with zero attached hydrogens (tertiary/aromatic N) is 1. The standard InChI is InChI=1S/C13H15ClN2O2/c14-11-5-1-3-10(8-17)12(11)16-6-2-4-9(7-16)13(15)18/h1,3,5,8-9H,2,4,6-7H2,(H2,15,18). The van der Waals surface area contributed by atoms with Gasteiger partial charge in [-0.2, -0.15) is 0 Å². The lowest BCUT2D eigenvalue weighted by Gasteiger charge is -2.34. The van der Waals surface area contributed by atoms with E-state index in [1.54, 1.807) is 18.2 Å². The number of carbonyl (C=O) groups is 2. The number of benzene rings is 1. The molecule has 0 spiro atoms. The number of amides is 1. The van der Waals surface area contributed by atoms with Gasteiger partial charge in [0.1, 0.15) is 0 Å². The lowest BCUT2D eigenvalue weighted by Crippen LogP contribution is -2.41. The van der Waals surface area contributed by atoms with Gasteiger partial charge in [0.05, 0.1) is 16.6 Å². The number of aldehydes is 1. The van der Waals surface area contributed by atoms with E-state index in [-0.39, 0.29) is 11.8 Å². The van der Waals surface area contributed by atoms with Crippen LogP contribution in [0.3, 0.4) is 0 Å². The van der Waals surface area contributed by atoms with Crippen molar-refractivity contribution >= 4 is 29.5 Å². The maximum atomic E-state index is 11.3. The topological polar surface area (TPSA) is 63.4 Å². The third kappa shape index (κ3) is 2.48. The molecular weight excluding hydrogens is 252 g/mol. The molecule has 96 valence electrons. The molecule has 1 heterocycles. The van der Waals surface area contributed by atoms with Crippen molar-refractivity contribution in [2.24, 2.45) is 11.7 Å². The maximum absolute atomic E-state index is 11.3. The third-order valence-electron chi connectivity index (χ3n) is 3.28. The van der Waals surface area contributed by atoms with Crippen LogP contribution in [0.5, 0.6) is 0 Å². The van der Waals surface area contributed by atoms with Gasteiger partial charge in [0.15, 0.2) is 6.29 Å². The van der Waals surface area contributed by atoms with Crippen molar-refractivity contribution in [2.75, 3.05) is 18.0 Å². The zero-order valence-corrected chi connectivity index (χ0v) is 10.7. The van der Waals surface area contributed by atoms with Gasteiger partial charge in [-0.25, -0.2) is 0 Å². The summed E-state index contributed by atoms with van der Waals surface area (Å²) in [5.41, 5.74) is 6.61. The van der Waals surface area contributed by atoms with Gasteiger partial charge in [-0.15, -0.1) is 0 Å². The number of piperidine rings is 1. The number of para-hydroxylation sites is 1. The third-order valence-corrected chi connectivity index (χ3v) is 3.59. The van der Waals surface area contributed by atoms with Crippen molar-refractivity contribution in [3.8, 4) is 0 Å². The molecule has 1 aromatic carbocycles. The highest BCUT2D eigenvalue weighted by Crippen LogP contribution is 2.32. The molecule has 1 aliphatic rings. The van der Waals surface area contributed by atoms with Crippen molar-refractivity contribution in [2.45, 2.75) is 12.8 Å². The highest BCUT2D eigenvalue weighted by Gasteiger charge is 2.26. The number of anilines is 1. The summed E-state index contributed by atoms with van der Waals surface area (Å²) in [7, 11) is 0. The monoisotopic (exact) mass is 266 g/mol. The van der Waals surface area contributed by atoms with Gasteiger partial charge in [0, 0.05) is 18.7 Å². The number of nitrogens with two attached hydrogens (primary N) is 1. The molecular formula is C13H15ClN2O2. The van der Waals surface area contributed by atoms with E-state index in [0.717, 1.165) is 25.7 Å². The second kappa shape index (κ2) is 5.40. The molecule has 1 amide bonds. The van der Waals surface area contributed by atoms with Crippen molar-refractivity contribution in [3.63, 3.8) is 0 Å². The number of halogens is 1. The lowest BCUT2D eigenvalue weighted by molar-refractivity contribution is -0.122. The lowest BCUT2D eigenvalue weighted by atomic mass is 9.96. The van der Waals surface area contributed by atoms with Gasteiger partial charge < -0.3 is 10.6 Å². The van der Waals surface area contributed by atoms with E-state index in [1.807, 2.05) is 4.90 Å². The predicted molar refractivity (Wildman–Crippen MR) is 71.0 cm³/mol. The van der Waals surface area contributed by atoms with Crippen molar-refractivity contribution < 1.29 is 9.59 Å². The van der Waals surface area contributed by atoms with Crippen LogP contribution >= 0.6 is 11.6 Å². The summed E-state index contributed by atoms with van der Waals surface area (Å²) < 4.78 is 0. The molecule has 4 nitrogen and oxygen atoms in total. The molecule has 0 aliphatic carbocycles. The summed E-state index contributed by atoms with van der Waals surface area (Å²) in [5.74, 6) is -0.464. The summed E-state index contributed by atoms with van der Waals surface area (Å²) in [6.07, 6.45) is 2.46. The number of carbonyl (C=O) groups excluding carboxylic acids is 2. The second-order valence-electron chi connectivity index (χ2n) is 4.48. The van der Waals surface area contributed by atoms with Gasteiger partial charge in [-0.1, -0.05) is 17.7 Å². The molecule has 1 saturated heterocycles. The van der Waals surface area contributed by atoms with Crippen LogP contribution in [-0.2, 0) is 4.79 Å². The van der Waals surface area contributed by atoms with Crippen LogP contribution in [0.15, 0.2) is 18.2 Å². The zero-order chi connectivity index (χ0) is 13.1. The van der Waals surface area contributed by atoms with E-state index in [1.165, 1.54) is 0 Å². The van der Waals surface area contributed by atoms with E-state index < -0.39 is 0 Å². The molecule has 1 aliphatic heterocycles. The van der Waals surface area contributed by atoms with Crippen LogP contribution in [-0.4, -0.2) is 25.3 Å². The van der Waals surface area contributed by atoms with E-state index in [2.05, 4.69) is 0 Å². The normalized spacial score (nSPS) is 19.6. The van der Waals surface area contributed by atoms with Crippen LogP contribution in [0.1, 0.15) is 23.2 Å². The minimum Gasteiger partial charge on any atom is -0.369 e. The van der Waals surface area contributed by atoms with Crippen molar-refractivity contribution in [3.05, 3.63) is 28.8 Å². The number of primary amides is 1. The Balaban J connectivity index is 2.31. The molecule has 18 heavy (non-hydrogen) atoms. The highest BCUT2D eigenvalue weighted by molar-refractivity contribution is 6.33. The fraction of sp³-hybridized carbons (Fsp3) is 0.385. The average molecular weight is 267 g/mol. The predicted octanol–water partition coefficient (Wildman–Crippen LogP) is 1.85. The molecule has 1 atom stereocenters. The summed E-state index contributed by atoms with van der Waals surface area (Å²) >= 11 is 6.15. The molecule has 1 aromatic rings. The molecule has 0 saturated carbocycles. The number of hydrogen-bond donors (Lipinski definition) is 1. The van der Waals surface area contributed by atoms with Crippen molar-refractivity contribution in [1.82, 2.24) is 0 Å². The van der Waals surface area contributed by atoms with Crippen LogP contribution < -0.4 is 10.6 Å². The molecule has 5 heteroatoms. The molecule has 0 bridgehead atoms. The molecule has 1 fully saturated rings. The Morgan fingerprint density at radius 2 is 2.28 bits per heavy atom. The van der Waals surface area contributed by atoms with E-state index in [9.17, 15) is 9.59 Å². The van der Waals surface area contributed by atoms with E-state index in [4.69, 9.17) is 17.3 Å². The maximum Gasteiger partial charge on any atom is 0.222 e. The van der Waals surface area contributed by atoms with Gasteiger partial charge in [-0.05, 0) is 25.0 Å². The Labute approximate surface area is 111 Å². The largest absolute Gasteiger partial charge is 0.369 e. The number of hydrogen-bond acceptors (Lipinski definition) is 3. The molecule has 0 aromatic heterocycles. The van der Waals surface area contributed by atoms with Gasteiger partial charge >= 0.3 is 0 Å². The average Bonchev–Trinajstić information content (AvgIpc) is 2.38. The van der Waals surface area contributed by atoms with E-state index in [0.29, 0.717) is 22.8 Å². The summed E-state index contributed by atoms with van der Waals surface area (Å²) in [6.45, 7) is 1.31. The Bertz CT molecular complexity index is 476. The summed E-state index contributed by atoms with van der Waals surface area (Å²) in [5, 5.41) is 0.532. The zero-order valence-electron chi connectivity index (χ0n) is 9.93. The van der Waals surface area contributed by atoms with Crippen LogP contribution in [0.2, 0.25) is 5.02 Å². The Hall–Kier alpha value is -1.55. The van der Waals surface area contributed by atoms with Crippen LogP contribution in [0, 0.1) is 5.92 Å². The first-order valence-electron chi connectivity index (χ1n) is 5.91. The first-order chi connectivity index (χ1) is 8.63. The molecule has 1 unspecified atom stereocenters. The molecule has 0 radical (unpaired) electrons. The first-order valence-corrected chi connectivity index (χ1v) is 6.29. The fourth-order valence-corrected chi connectivity index (χ4v) is 2.67. The second-order valence-corrected chi connectivity index (χ2v) is 4.89. The highest BCUT2D eigenvalue weighted by atomic mass is 35.5. The van der Waals surface area contributed by atoms with Crippen LogP contribution in [0.25, 0.3) is 0 Å². The summed E-state index contributed by atoms with van der Waals surface area (Å²) in [4.78, 5) is 24.3. The van der Waals surface area contributed by atoms with Gasteiger partial charge in [-0.3, -0.25) is 9.59 Å². The first kappa shape index (κ1) is 12.9. The Morgan fingerprint density at radius 3 is 2.94 bits per heavy atom. The minimum absolute atomic E-state index is 0.172. The van der Waals surface area contributed by atoms with Gasteiger partial charge in [0.2, 0.25) is 5.91 Å². The Morgan fingerprint density at radius 1 is 1.50 bits per heavy atom. The molecule has 2 N–H and O–H groups in total. The minimum atomic E-state index is -0.292. The van der Waals surface area contributed by atoms with Crippen LogP contribution in [0.4, 0.5) is 5.69 Å². The van der Waals surface area contributed by atoms with E-state index >= 15 is 0 Å². The Kier molecular flexibility index (Phi) is 3.87. The van der Waals surface area contributed by atoms with Crippen molar-refractivity contribution in [1.29, 1.82) is 0 Å². The van der Waals surface area contributed by atoms with Gasteiger partial charge in [0.25, 0.3) is 0 Å². The fourth-order valence-electron chi connectivity index (χ4n) is 2.37. The SMILES string of the molecule is NC(=O)C1CCCN(c2c(Cl)cccc2C=O)C1. The smallest absolute Gasteiger partial charge is 0.222 e. The summed E-state index contributed by atoms with van der Waals surface area (Å²) in [6, 6.07) is 5.21. The molecule has 2 rings (SSSR count).